The average Bonchev–Trinajstić information content (AvgIpc) is 2.34. The van der Waals surface area contributed by atoms with Gasteiger partial charge in [0, 0.05) is 6.07 Å². The molecule has 2 N–H and O–H groups in total. The first-order chi connectivity index (χ1) is 8.58. The van der Waals surface area contributed by atoms with Gasteiger partial charge in [-0.1, -0.05) is 23.2 Å². The molecule has 2 rings (SSSR count). The average molecular weight is 286 g/mol. The Bertz CT molecular complexity index is 617. The van der Waals surface area contributed by atoms with Gasteiger partial charge >= 0.3 is 0 Å². The van der Waals surface area contributed by atoms with Crippen LogP contribution in [-0.2, 0) is 0 Å². The fourth-order valence-corrected chi connectivity index (χ4v) is 1.51. The molecule has 0 aliphatic heterocycles. The first-order valence-corrected chi connectivity index (χ1v) is 5.36. The zero-order valence-electron chi connectivity index (χ0n) is 8.65. The van der Waals surface area contributed by atoms with Crippen molar-refractivity contribution in [3.63, 3.8) is 0 Å². The number of hydrogen-bond donors (Lipinski definition) is 2. The molecule has 7 nitrogen and oxygen atoms in total. The lowest BCUT2D eigenvalue weighted by molar-refractivity contribution is 0.102. The highest BCUT2D eigenvalue weighted by atomic mass is 35.5. The number of hydrogen-bond acceptors (Lipinski definition) is 5. The summed E-state index contributed by atoms with van der Waals surface area (Å²) in [5.74, 6) is -0.593. The molecule has 0 radical (unpaired) electrons. The van der Waals surface area contributed by atoms with Gasteiger partial charge in [-0.2, -0.15) is 5.10 Å². The number of carbonyl (C=O) groups excluding carboxylic acids is 1. The molecule has 0 fully saturated rings. The number of nitrogens with zero attached hydrogens (tertiary/aromatic N) is 3. The van der Waals surface area contributed by atoms with E-state index in [1.807, 2.05) is 0 Å². The molecular weight excluding hydrogens is 281 g/mol. The molecule has 0 atom stereocenters. The summed E-state index contributed by atoms with van der Waals surface area (Å²) in [5, 5.41) is 8.11. The number of aromatic nitrogens is 4. The number of halogens is 2. The summed E-state index contributed by atoms with van der Waals surface area (Å²) in [4.78, 5) is 29.9. The van der Waals surface area contributed by atoms with Crippen molar-refractivity contribution in [2.45, 2.75) is 0 Å². The monoisotopic (exact) mass is 285 g/mol. The van der Waals surface area contributed by atoms with Crippen LogP contribution in [0.1, 0.15) is 10.5 Å². The van der Waals surface area contributed by atoms with Crippen molar-refractivity contribution < 1.29 is 4.79 Å². The summed E-state index contributed by atoms with van der Waals surface area (Å²) in [6.07, 6.45) is 1.17. The zero-order valence-corrected chi connectivity index (χ0v) is 10.2. The molecule has 0 aliphatic rings. The summed E-state index contributed by atoms with van der Waals surface area (Å²) in [6.45, 7) is 0. The molecule has 2 aromatic heterocycles. The van der Waals surface area contributed by atoms with Crippen molar-refractivity contribution in [3.05, 3.63) is 44.8 Å². The summed E-state index contributed by atoms with van der Waals surface area (Å²) in [5.41, 5.74) is -0.324. The molecule has 0 bridgehead atoms. The normalized spacial score (nSPS) is 10.1. The second-order valence-corrected chi connectivity index (χ2v) is 3.81. The third-order valence-electron chi connectivity index (χ3n) is 1.91. The van der Waals surface area contributed by atoms with Gasteiger partial charge in [0.2, 0.25) is 0 Å². The molecule has 2 heterocycles. The minimum Gasteiger partial charge on any atom is -0.315 e. The van der Waals surface area contributed by atoms with Gasteiger partial charge in [0.1, 0.15) is 17.7 Å². The predicted molar refractivity (Wildman–Crippen MR) is 64.9 cm³/mol. The summed E-state index contributed by atoms with van der Waals surface area (Å²) in [7, 11) is 0. The minimum absolute atomic E-state index is 0.00517. The van der Waals surface area contributed by atoms with E-state index in [2.05, 4.69) is 25.5 Å². The molecule has 0 saturated carbocycles. The summed E-state index contributed by atoms with van der Waals surface area (Å²) in [6, 6.07) is 2.44. The molecule has 2 aromatic rings. The molecule has 18 heavy (non-hydrogen) atoms. The van der Waals surface area contributed by atoms with Crippen molar-refractivity contribution in [3.8, 4) is 0 Å². The van der Waals surface area contributed by atoms with Gasteiger partial charge in [0.15, 0.2) is 10.3 Å². The van der Waals surface area contributed by atoms with Crippen molar-refractivity contribution in [2.75, 3.05) is 5.32 Å². The minimum atomic E-state index is -0.593. The van der Waals surface area contributed by atoms with Crippen LogP contribution in [0.15, 0.2) is 23.3 Å². The van der Waals surface area contributed by atoms with Crippen LogP contribution in [0.3, 0.4) is 0 Å². The largest absolute Gasteiger partial charge is 0.315 e. The van der Waals surface area contributed by atoms with E-state index >= 15 is 0 Å². The van der Waals surface area contributed by atoms with Crippen molar-refractivity contribution in [2.24, 2.45) is 0 Å². The Morgan fingerprint density at radius 2 is 1.89 bits per heavy atom. The molecule has 0 aromatic carbocycles. The van der Waals surface area contributed by atoms with Crippen LogP contribution in [0, 0.1) is 0 Å². The fourth-order valence-electron chi connectivity index (χ4n) is 1.10. The van der Waals surface area contributed by atoms with Crippen LogP contribution in [0.25, 0.3) is 0 Å². The van der Waals surface area contributed by atoms with E-state index in [1.165, 1.54) is 18.5 Å². The zero-order chi connectivity index (χ0) is 13.1. The van der Waals surface area contributed by atoms with E-state index in [4.69, 9.17) is 23.2 Å². The second kappa shape index (κ2) is 5.11. The molecular formula is C9H5Cl2N5O2. The first kappa shape index (κ1) is 12.5. The molecule has 0 aliphatic carbocycles. The van der Waals surface area contributed by atoms with Crippen LogP contribution in [0.5, 0.6) is 0 Å². The highest BCUT2D eigenvalue weighted by molar-refractivity contribution is 6.38. The van der Waals surface area contributed by atoms with Crippen LogP contribution < -0.4 is 10.9 Å². The Morgan fingerprint density at radius 3 is 2.44 bits per heavy atom. The number of carbonyl (C=O) groups is 1. The van der Waals surface area contributed by atoms with Crippen molar-refractivity contribution in [1.29, 1.82) is 0 Å². The van der Waals surface area contributed by atoms with Gasteiger partial charge in [-0.3, -0.25) is 9.59 Å². The summed E-state index contributed by atoms with van der Waals surface area (Å²) >= 11 is 11.5. The van der Waals surface area contributed by atoms with E-state index in [0.29, 0.717) is 0 Å². The van der Waals surface area contributed by atoms with Crippen molar-refractivity contribution in [1.82, 2.24) is 20.2 Å². The van der Waals surface area contributed by atoms with E-state index in [9.17, 15) is 9.59 Å². The van der Waals surface area contributed by atoms with Crippen molar-refractivity contribution >= 4 is 34.8 Å². The standard InChI is InChI=1S/C9H5Cl2N5O2/c10-7-6(8(11)13-3-12-7)14-9(18)4-1-2-5(17)16-15-4/h1-3H,(H,14,18)(H,16,17). The Kier molecular flexibility index (Phi) is 3.54. The maximum atomic E-state index is 11.8. The highest BCUT2D eigenvalue weighted by Gasteiger charge is 2.14. The van der Waals surface area contributed by atoms with E-state index in [0.717, 1.165) is 0 Å². The van der Waals surface area contributed by atoms with Crippen LogP contribution >= 0.6 is 23.2 Å². The van der Waals surface area contributed by atoms with Gasteiger partial charge in [-0.15, -0.1) is 0 Å². The lowest BCUT2D eigenvalue weighted by atomic mass is 10.3. The third-order valence-corrected chi connectivity index (χ3v) is 2.48. The molecule has 9 heteroatoms. The van der Waals surface area contributed by atoms with Gasteiger partial charge in [-0.25, -0.2) is 15.1 Å². The van der Waals surface area contributed by atoms with Crippen LogP contribution in [0.2, 0.25) is 10.3 Å². The Hall–Kier alpha value is -1.99. The Balaban J connectivity index is 2.27. The van der Waals surface area contributed by atoms with E-state index < -0.39 is 11.5 Å². The maximum absolute atomic E-state index is 11.8. The van der Waals surface area contributed by atoms with E-state index in [-0.39, 0.29) is 21.7 Å². The lowest BCUT2D eigenvalue weighted by Crippen LogP contribution is -2.18. The van der Waals surface area contributed by atoms with Gasteiger partial charge in [0.05, 0.1) is 0 Å². The fraction of sp³-hybridized carbons (Fsp3) is 0. The highest BCUT2D eigenvalue weighted by Crippen LogP contribution is 2.25. The SMILES string of the molecule is O=C(Nc1c(Cl)ncnc1Cl)c1ccc(=O)[nH]n1. The smallest absolute Gasteiger partial charge is 0.276 e. The molecule has 92 valence electrons. The number of aromatic amines is 1. The number of amides is 1. The number of rotatable bonds is 2. The van der Waals surface area contributed by atoms with E-state index in [1.54, 1.807) is 0 Å². The quantitative estimate of drug-likeness (QED) is 0.805. The first-order valence-electron chi connectivity index (χ1n) is 4.61. The molecule has 0 unspecified atom stereocenters. The number of H-pyrrole nitrogens is 1. The molecule has 0 spiro atoms. The van der Waals surface area contributed by atoms with Gasteiger partial charge < -0.3 is 5.32 Å². The third kappa shape index (κ3) is 2.63. The molecule has 0 saturated heterocycles. The Labute approximate surface area is 110 Å². The number of anilines is 1. The maximum Gasteiger partial charge on any atom is 0.276 e. The molecule has 1 amide bonds. The topological polar surface area (TPSA) is 101 Å². The van der Waals surface area contributed by atoms with Crippen LogP contribution in [0.4, 0.5) is 5.69 Å². The second-order valence-electron chi connectivity index (χ2n) is 3.09. The van der Waals surface area contributed by atoms with Crippen LogP contribution in [-0.4, -0.2) is 26.1 Å². The number of nitrogens with one attached hydrogen (secondary N) is 2. The van der Waals surface area contributed by atoms with Gasteiger partial charge in [-0.05, 0) is 6.07 Å². The summed E-state index contributed by atoms with van der Waals surface area (Å²) < 4.78 is 0. The predicted octanol–water partition coefficient (Wildman–Crippen LogP) is 1.12. The lowest BCUT2D eigenvalue weighted by Gasteiger charge is -2.06. The Morgan fingerprint density at radius 1 is 1.22 bits per heavy atom. The van der Waals surface area contributed by atoms with Gasteiger partial charge in [0.25, 0.3) is 11.5 Å².